The van der Waals surface area contributed by atoms with Gasteiger partial charge in [0.05, 0.1) is 12.7 Å². The van der Waals surface area contributed by atoms with Crippen molar-refractivity contribution in [2.24, 2.45) is 17.8 Å². The van der Waals surface area contributed by atoms with Crippen LogP contribution in [-0.4, -0.2) is 80.8 Å². The number of hydrogen-bond acceptors (Lipinski definition) is 8. The number of rotatable bonds is 10. The number of anilines is 2. The zero-order valence-electron chi connectivity index (χ0n) is 22.6. The fraction of sp³-hybridized carbons (Fsp3) is 0.667. The predicted molar refractivity (Wildman–Crippen MR) is 142 cm³/mol. The first kappa shape index (κ1) is 26.6. The number of carbonyl (C=O) groups is 2. The van der Waals surface area contributed by atoms with Crippen molar-refractivity contribution in [1.29, 1.82) is 0 Å². The summed E-state index contributed by atoms with van der Waals surface area (Å²) in [4.78, 5) is 33.8. The number of nitrogens with one attached hydrogen (secondary N) is 2. The number of hydrogen-bond donors (Lipinski definition) is 2. The van der Waals surface area contributed by atoms with Crippen LogP contribution in [0.25, 0.3) is 11.1 Å². The van der Waals surface area contributed by atoms with Crippen LogP contribution < -0.4 is 15.5 Å². The van der Waals surface area contributed by atoms with Crippen molar-refractivity contribution < 1.29 is 28.2 Å². The van der Waals surface area contributed by atoms with Gasteiger partial charge in [-0.1, -0.05) is 13.8 Å². The highest BCUT2D eigenvalue weighted by molar-refractivity contribution is 5.93. The SMILES string of the molecule is CNc1nc2cc(N(C)C(=O)N(CCCNC(=O)OC3C4COC5OC3CC5C4)CCC(C)C)ccc2o1. The Morgan fingerprint density at radius 1 is 1.21 bits per heavy atom. The lowest BCUT2D eigenvalue weighted by molar-refractivity contribution is -0.153. The molecule has 208 valence electrons. The molecule has 3 bridgehead atoms. The van der Waals surface area contributed by atoms with Gasteiger partial charge in [0.15, 0.2) is 11.9 Å². The van der Waals surface area contributed by atoms with E-state index in [0.29, 0.717) is 61.6 Å². The number of benzene rings is 1. The molecule has 2 N–H and O–H groups in total. The number of alkyl carbamates (subject to hydrolysis) is 1. The zero-order valence-corrected chi connectivity index (χ0v) is 22.6. The van der Waals surface area contributed by atoms with Crippen LogP contribution >= 0.6 is 0 Å². The number of aromatic nitrogens is 1. The maximum Gasteiger partial charge on any atom is 0.407 e. The Bertz CT molecular complexity index is 1130. The third kappa shape index (κ3) is 5.68. The number of fused-ring (bicyclic) bond motifs is 3. The highest BCUT2D eigenvalue weighted by Gasteiger charge is 2.53. The molecule has 3 aliphatic rings. The molecule has 3 heterocycles. The molecule has 0 radical (unpaired) electrons. The topological polar surface area (TPSA) is 118 Å². The summed E-state index contributed by atoms with van der Waals surface area (Å²) in [5.74, 6) is 1.09. The fourth-order valence-electron chi connectivity index (χ4n) is 5.62. The van der Waals surface area contributed by atoms with Crippen molar-refractivity contribution in [3.05, 3.63) is 18.2 Å². The quantitative estimate of drug-likeness (QED) is 0.443. The second kappa shape index (κ2) is 11.4. The Morgan fingerprint density at radius 2 is 2.05 bits per heavy atom. The normalized spacial score (nSPS) is 25.6. The molecule has 2 aromatic rings. The summed E-state index contributed by atoms with van der Waals surface area (Å²) < 4.78 is 23.0. The molecule has 1 aromatic carbocycles. The number of carbonyl (C=O) groups excluding carboxylic acids is 2. The van der Waals surface area contributed by atoms with Crippen LogP contribution in [0.4, 0.5) is 21.3 Å². The molecular formula is C27H39N5O6. The van der Waals surface area contributed by atoms with Crippen molar-refractivity contribution >= 4 is 34.9 Å². The van der Waals surface area contributed by atoms with E-state index >= 15 is 0 Å². The molecule has 11 nitrogen and oxygen atoms in total. The van der Waals surface area contributed by atoms with Crippen LogP contribution in [0.15, 0.2) is 22.6 Å². The molecular weight excluding hydrogens is 490 g/mol. The first-order chi connectivity index (χ1) is 18.3. The van der Waals surface area contributed by atoms with Crippen molar-refractivity contribution in [3.8, 4) is 0 Å². The highest BCUT2D eigenvalue weighted by Crippen LogP contribution is 2.46. The van der Waals surface area contributed by atoms with E-state index in [2.05, 4.69) is 29.5 Å². The summed E-state index contributed by atoms with van der Waals surface area (Å²) in [6, 6.07) is 5.84. The summed E-state index contributed by atoms with van der Waals surface area (Å²) in [7, 11) is 3.51. The van der Waals surface area contributed by atoms with Crippen LogP contribution in [0.2, 0.25) is 0 Å². The summed E-state index contributed by atoms with van der Waals surface area (Å²) in [5.41, 5.74) is 2.07. The Balaban J connectivity index is 1.13. The van der Waals surface area contributed by atoms with Gasteiger partial charge in [0, 0.05) is 51.3 Å². The lowest BCUT2D eigenvalue weighted by Crippen LogP contribution is -2.46. The number of amides is 3. The fourth-order valence-corrected chi connectivity index (χ4v) is 5.62. The molecule has 0 spiro atoms. The van der Waals surface area contributed by atoms with Crippen LogP contribution in [0.5, 0.6) is 0 Å². The van der Waals surface area contributed by atoms with Gasteiger partial charge in [-0.3, -0.25) is 4.90 Å². The van der Waals surface area contributed by atoms with E-state index in [-0.39, 0.29) is 30.4 Å². The highest BCUT2D eigenvalue weighted by atomic mass is 16.7. The molecule has 5 atom stereocenters. The Labute approximate surface area is 223 Å². The smallest absolute Gasteiger partial charge is 0.407 e. The molecule has 1 aromatic heterocycles. The Kier molecular flexibility index (Phi) is 7.94. The van der Waals surface area contributed by atoms with Crippen molar-refractivity contribution in [3.63, 3.8) is 0 Å². The number of nitrogens with zero attached hydrogens (tertiary/aromatic N) is 3. The van der Waals surface area contributed by atoms with Crippen LogP contribution in [0.3, 0.4) is 0 Å². The molecule has 3 amide bonds. The van der Waals surface area contributed by atoms with E-state index in [1.54, 1.807) is 19.0 Å². The third-order valence-corrected chi connectivity index (χ3v) is 7.76. The molecule has 38 heavy (non-hydrogen) atoms. The summed E-state index contributed by atoms with van der Waals surface area (Å²) in [6.45, 7) is 6.42. The van der Waals surface area contributed by atoms with Crippen LogP contribution in [-0.2, 0) is 14.2 Å². The minimum atomic E-state index is -0.438. The number of ether oxygens (including phenoxy) is 3. The Morgan fingerprint density at radius 3 is 2.84 bits per heavy atom. The molecule has 3 fully saturated rings. The maximum absolute atomic E-state index is 13.4. The van der Waals surface area contributed by atoms with Crippen molar-refractivity contribution in [1.82, 2.24) is 15.2 Å². The van der Waals surface area contributed by atoms with E-state index in [9.17, 15) is 9.59 Å². The third-order valence-electron chi connectivity index (χ3n) is 7.76. The van der Waals surface area contributed by atoms with Gasteiger partial charge in [-0.2, -0.15) is 4.98 Å². The standard InChI is InChI=1S/C27H39N5O6/c1-16(2)8-11-32(27(34)31(4)19-6-7-21-20(14-19)30-25(28-3)37-21)10-5-9-29-26(33)38-23-18-12-17-13-22(23)36-24(17)35-15-18/h6-7,14,16-18,22-24H,5,8-13,15H2,1-4H3,(H,28,30)(H,29,33). The van der Waals surface area contributed by atoms with Gasteiger partial charge in [-0.15, -0.1) is 0 Å². The van der Waals surface area contributed by atoms with Gasteiger partial charge >= 0.3 is 12.1 Å². The molecule has 2 aliphatic heterocycles. The molecule has 5 rings (SSSR count). The van der Waals surface area contributed by atoms with E-state index in [4.69, 9.17) is 18.6 Å². The number of oxazole rings is 1. The monoisotopic (exact) mass is 529 g/mol. The number of urea groups is 1. The summed E-state index contributed by atoms with van der Waals surface area (Å²) >= 11 is 0. The summed E-state index contributed by atoms with van der Waals surface area (Å²) in [6.07, 6.45) is 2.47. The lowest BCUT2D eigenvalue weighted by Gasteiger charge is -2.36. The van der Waals surface area contributed by atoms with Crippen LogP contribution in [0.1, 0.15) is 39.5 Å². The van der Waals surface area contributed by atoms with E-state index < -0.39 is 6.09 Å². The molecule has 11 heteroatoms. The average molecular weight is 530 g/mol. The van der Waals surface area contributed by atoms with Gasteiger partial charge in [0.25, 0.3) is 6.01 Å². The van der Waals surface area contributed by atoms with Crippen molar-refractivity contribution in [2.75, 3.05) is 50.6 Å². The van der Waals surface area contributed by atoms with Gasteiger partial charge in [0.1, 0.15) is 11.6 Å². The average Bonchev–Trinajstić information content (AvgIpc) is 3.46. The molecule has 1 saturated carbocycles. The minimum Gasteiger partial charge on any atom is -0.443 e. The van der Waals surface area contributed by atoms with Gasteiger partial charge in [-0.25, -0.2) is 9.59 Å². The predicted octanol–water partition coefficient (Wildman–Crippen LogP) is 4.04. The lowest BCUT2D eigenvalue weighted by atomic mass is 9.78. The van der Waals surface area contributed by atoms with Gasteiger partial charge < -0.3 is 34.2 Å². The van der Waals surface area contributed by atoms with Gasteiger partial charge in [-0.05, 0) is 49.8 Å². The summed E-state index contributed by atoms with van der Waals surface area (Å²) in [5, 5.41) is 5.75. The molecule has 5 unspecified atom stereocenters. The largest absolute Gasteiger partial charge is 0.443 e. The molecule has 1 aliphatic carbocycles. The zero-order chi connectivity index (χ0) is 26.8. The second-order valence-corrected chi connectivity index (χ2v) is 11.0. The van der Waals surface area contributed by atoms with Crippen molar-refractivity contribution in [2.45, 2.75) is 58.0 Å². The van der Waals surface area contributed by atoms with E-state index in [1.165, 1.54) is 0 Å². The Hall–Kier alpha value is -3.05. The first-order valence-electron chi connectivity index (χ1n) is 13.6. The first-order valence-corrected chi connectivity index (χ1v) is 13.6. The van der Waals surface area contributed by atoms with Gasteiger partial charge in [0.2, 0.25) is 0 Å². The molecule has 2 saturated heterocycles. The maximum atomic E-state index is 13.4. The van der Waals surface area contributed by atoms with E-state index in [1.807, 2.05) is 23.1 Å². The van der Waals surface area contributed by atoms with E-state index in [0.717, 1.165) is 24.9 Å². The second-order valence-electron chi connectivity index (χ2n) is 11.0. The van der Waals surface area contributed by atoms with Crippen LogP contribution in [0, 0.1) is 17.8 Å². The minimum absolute atomic E-state index is 0.0713.